The number of esters is 1. The molecule has 5 nitrogen and oxygen atoms in total. The summed E-state index contributed by atoms with van der Waals surface area (Å²) in [5.41, 5.74) is 8.96. The molecule has 6 heteroatoms. The van der Waals surface area contributed by atoms with Crippen molar-refractivity contribution in [1.29, 1.82) is 0 Å². The van der Waals surface area contributed by atoms with Crippen LogP contribution in [0.15, 0.2) is 48.5 Å². The van der Waals surface area contributed by atoms with Gasteiger partial charge in [0.1, 0.15) is 11.9 Å². The minimum Gasteiger partial charge on any atom is -0.465 e. The highest BCUT2D eigenvalue weighted by Crippen LogP contribution is 2.25. The lowest BCUT2D eigenvalue weighted by Gasteiger charge is -2.37. The van der Waals surface area contributed by atoms with E-state index < -0.39 is 12.0 Å². The number of hydrogen-bond donors (Lipinski definition) is 1. The predicted octanol–water partition coefficient (Wildman–Crippen LogP) is 2.58. The summed E-state index contributed by atoms with van der Waals surface area (Å²) in [5.74, 6) is -0.775. The van der Waals surface area contributed by atoms with Crippen LogP contribution in [0.2, 0.25) is 0 Å². The second kappa shape index (κ2) is 9.66. The Bertz CT molecular complexity index is 777. The zero-order valence-electron chi connectivity index (χ0n) is 16.3. The maximum absolute atomic E-state index is 13.8. The van der Waals surface area contributed by atoms with Crippen LogP contribution in [0.25, 0.3) is 0 Å². The molecule has 0 aliphatic carbocycles. The van der Waals surface area contributed by atoms with Gasteiger partial charge < -0.3 is 15.4 Å². The van der Waals surface area contributed by atoms with Gasteiger partial charge in [-0.3, -0.25) is 9.69 Å². The van der Waals surface area contributed by atoms with E-state index in [1.807, 2.05) is 6.07 Å². The van der Waals surface area contributed by atoms with Crippen molar-refractivity contribution >= 4 is 11.7 Å². The first-order valence-electron chi connectivity index (χ1n) is 9.78. The van der Waals surface area contributed by atoms with Crippen molar-refractivity contribution < 1.29 is 13.9 Å². The lowest BCUT2D eigenvalue weighted by atomic mass is 10.0. The first-order chi connectivity index (χ1) is 13.6. The highest BCUT2D eigenvalue weighted by Gasteiger charge is 2.22. The third-order valence-electron chi connectivity index (χ3n) is 5.03. The summed E-state index contributed by atoms with van der Waals surface area (Å²) in [6, 6.07) is 14.4. The monoisotopic (exact) mass is 385 g/mol. The number of benzene rings is 2. The van der Waals surface area contributed by atoms with Crippen molar-refractivity contribution in [1.82, 2.24) is 4.90 Å². The molecule has 1 aliphatic heterocycles. The SMILES string of the molecule is CCOC(=O)C(N)Cc1cc(F)ccc1N1CCN(Cc2ccccc2)CC1. The first kappa shape index (κ1) is 20.3. The van der Waals surface area contributed by atoms with E-state index in [9.17, 15) is 9.18 Å². The van der Waals surface area contributed by atoms with Crippen LogP contribution in [0.1, 0.15) is 18.1 Å². The normalized spacial score (nSPS) is 16.0. The summed E-state index contributed by atoms with van der Waals surface area (Å²) in [5, 5.41) is 0. The maximum Gasteiger partial charge on any atom is 0.323 e. The zero-order valence-corrected chi connectivity index (χ0v) is 16.3. The molecule has 0 spiro atoms. The summed E-state index contributed by atoms with van der Waals surface area (Å²) in [4.78, 5) is 16.5. The molecule has 1 heterocycles. The van der Waals surface area contributed by atoms with Crippen LogP contribution in [0.4, 0.5) is 10.1 Å². The van der Waals surface area contributed by atoms with E-state index in [1.165, 1.54) is 17.7 Å². The van der Waals surface area contributed by atoms with E-state index in [1.54, 1.807) is 13.0 Å². The number of hydrogen-bond acceptors (Lipinski definition) is 5. The Morgan fingerprint density at radius 1 is 1.14 bits per heavy atom. The number of halogens is 1. The van der Waals surface area contributed by atoms with Gasteiger partial charge in [0.25, 0.3) is 0 Å². The highest BCUT2D eigenvalue weighted by molar-refractivity contribution is 5.76. The third kappa shape index (κ3) is 5.30. The van der Waals surface area contributed by atoms with E-state index in [-0.39, 0.29) is 18.8 Å². The van der Waals surface area contributed by atoms with Gasteiger partial charge in [-0.1, -0.05) is 30.3 Å². The molecule has 2 N–H and O–H groups in total. The Morgan fingerprint density at radius 2 is 1.86 bits per heavy atom. The minimum absolute atomic E-state index is 0.260. The van der Waals surface area contributed by atoms with Gasteiger partial charge in [-0.15, -0.1) is 0 Å². The van der Waals surface area contributed by atoms with Crippen LogP contribution >= 0.6 is 0 Å². The molecule has 0 bridgehead atoms. The van der Waals surface area contributed by atoms with E-state index >= 15 is 0 Å². The fraction of sp³-hybridized carbons (Fsp3) is 0.409. The van der Waals surface area contributed by atoms with Crippen molar-refractivity contribution in [2.45, 2.75) is 25.9 Å². The third-order valence-corrected chi connectivity index (χ3v) is 5.03. The molecular weight excluding hydrogens is 357 g/mol. The highest BCUT2D eigenvalue weighted by atomic mass is 19.1. The fourth-order valence-electron chi connectivity index (χ4n) is 3.58. The number of carbonyl (C=O) groups is 1. The molecule has 2 aromatic carbocycles. The van der Waals surface area contributed by atoms with Gasteiger partial charge in [-0.25, -0.2) is 4.39 Å². The smallest absolute Gasteiger partial charge is 0.323 e. The molecule has 1 saturated heterocycles. The first-order valence-corrected chi connectivity index (χ1v) is 9.78. The maximum atomic E-state index is 13.8. The zero-order chi connectivity index (χ0) is 19.9. The molecule has 0 saturated carbocycles. The van der Waals surface area contributed by atoms with Crippen LogP contribution in [0, 0.1) is 5.82 Å². The molecule has 28 heavy (non-hydrogen) atoms. The summed E-state index contributed by atoms with van der Waals surface area (Å²) >= 11 is 0. The Hall–Kier alpha value is -2.44. The number of ether oxygens (including phenoxy) is 1. The molecule has 0 aromatic heterocycles. The van der Waals surface area contributed by atoms with Crippen molar-refractivity contribution in [2.24, 2.45) is 5.73 Å². The van der Waals surface area contributed by atoms with Gasteiger partial charge in [-0.05, 0) is 36.2 Å². The van der Waals surface area contributed by atoms with E-state index in [4.69, 9.17) is 10.5 Å². The lowest BCUT2D eigenvalue weighted by molar-refractivity contribution is -0.144. The minimum atomic E-state index is -0.792. The molecule has 0 amide bonds. The Kier molecular flexibility index (Phi) is 7.01. The van der Waals surface area contributed by atoms with Crippen molar-refractivity contribution in [3.8, 4) is 0 Å². The number of piperazine rings is 1. The standard InChI is InChI=1S/C22H28FN3O2/c1-2-28-22(27)20(24)15-18-14-19(23)8-9-21(18)26-12-10-25(11-13-26)16-17-6-4-3-5-7-17/h3-9,14,20H,2,10-13,15-16,24H2,1H3. The lowest BCUT2D eigenvalue weighted by Crippen LogP contribution is -2.46. The number of nitrogens with two attached hydrogens (primary N) is 1. The molecular formula is C22H28FN3O2. The summed E-state index contributed by atoms with van der Waals surface area (Å²) in [7, 11) is 0. The van der Waals surface area contributed by atoms with Crippen LogP contribution < -0.4 is 10.6 Å². The fourth-order valence-corrected chi connectivity index (χ4v) is 3.58. The Morgan fingerprint density at radius 3 is 2.54 bits per heavy atom. The van der Waals surface area contributed by atoms with Crippen molar-refractivity contribution in [3.63, 3.8) is 0 Å². The molecule has 1 aliphatic rings. The number of anilines is 1. The summed E-state index contributed by atoms with van der Waals surface area (Å²) in [6.45, 7) is 6.50. The van der Waals surface area contributed by atoms with E-state index in [0.717, 1.165) is 44.0 Å². The largest absolute Gasteiger partial charge is 0.465 e. The van der Waals surface area contributed by atoms with Gasteiger partial charge in [-0.2, -0.15) is 0 Å². The Balaban J connectivity index is 1.64. The van der Waals surface area contributed by atoms with E-state index in [2.05, 4.69) is 34.1 Å². The van der Waals surface area contributed by atoms with Crippen LogP contribution in [0.3, 0.4) is 0 Å². The number of nitrogens with zero attached hydrogens (tertiary/aromatic N) is 2. The van der Waals surface area contributed by atoms with Gasteiger partial charge in [0.15, 0.2) is 0 Å². The average Bonchev–Trinajstić information content (AvgIpc) is 2.70. The van der Waals surface area contributed by atoms with Crippen LogP contribution in [-0.4, -0.2) is 49.7 Å². The van der Waals surface area contributed by atoms with E-state index in [0.29, 0.717) is 0 Å². The van der Waals surface area contributed by atoms with Crippen LogP contribution in [-0.2, 0) is 22.5 Å². The molecule has 1 atom stereocenters. The predicted molar refractivity (Wildman–Crippen MR) is 109 cm³/mol. The number of carbonyl (C=O) groups excluding carboxylic acids is 1. The molecule has 0 radical (unpaired) electrons. The molecule has 1 fully saturated rings. The molecule has 3 rings (SSSR count). The summed E-state index contributed by atoms with van der Waals surface area (Å²) < 4.78 is 18.8. The molecule has 2 aromatic rings. The number of rotatable bonds is 7. The van der Waals surface area contributed by atoms with Crippen molar-refractivity contribution in [3.05, 3.63) is 65.5 Å². The van der Waals surface area contributed by atoms with Gasteiger partial charge >= 0.3 is 5.97 Å². The molecule has 1 unspecified atom stereocenters. The van der Waals surface area contributed by atoms with Gasteiger partial charge in [0.2, 0.25) is 0 Å². The van der Waals surface area contributed by atoms with Gasteiger partial charge in [0.05, 0.1) is 6.61 Å². The second-order valence-electron chi connectivity index (χ2n) is 7.08. The summed E-state index contributed by atoms with van der Waals surface area (Å²) in [6.07, 6.45) is 0.260. The topological polar surface area (TPSA) is 58.8 Å². The van der Waals surface area contributed by atoms with Crippen LogP contribution in [0.5, 0.6) is 0 Å². The Labute approximate surface area is 165 Å². The average molecular weight is 385 g/mol. The van der Waals surface area contributed by atoms with Gasteiger partial charge in [0, 0.05) is 44.8 Å². The quantitative estimate of drug-likeness (QED) is 0.743. The molecule has 150 valence electrons. The second-order valence-corrected chi connectivity index (χ2v) is 7.08. The van der Waals surface area contributed by atoms with Crippen molar-refractivity contribution in [2.75, 3.05) is 37.7 Å².